The maximum atomic E-state index is 9.15. The molecule has 4 N–H and O–H groups in total. The average molecular weight is 227 g/mol. The molecule has 66 valence electrons. The monoisotopic (exact) mass is 228 g/mol. The number of hydrogen-bond acceptors (Lipinski definition) is 4. The van der Waals surface area contributed by atoms with Gasteiger partial charge in [-0.3, -0.25) is 0 Å². The van der Waals surface area contributed by atoms with E-state index in [1.54, 1.807) is 0 Å². The van der Waals surface area contributed by atoms with Crippen LogP contribution < -0.4 is 0 Å². The van der Waals surface area contributed by atoms with Crippen LogP contribution in [0.3, 0.4) is 0 Å². The fraction of sp³-hybridized carbons (Fsp3) is 1.00. The van der Waals surface area contributed by atoms with Gasteiger partial charge in [0.2, 0.25) is 0 Å². The summed E-state index contributed by atoms with van der Waals surface area (Å²) in [4.78, 5) is 0. The van der Waals surface area contributed by atoms with Crippen LogP contribution in [0, 0.1) is 0 Å². The summed E-state index contributed by atoms with van der Waals surface area (Å²) < 4.78 is 0. The Labute approximate surface area is 71.0 Å². The molecule has 1 aliphatic heterocycles. The van der Waals surface area contributed by atoms with Crippen LogP contribution in [0.25, 0.3) is 0 Å². The van der Waals surface area contributed by atoms with E-state index in [4.69, 9.17) is 20.4 Å². The van der Waals surface area contributed by atoms with E-state index in [1.165, 1.54) is 0 Å². The van der Waals surface area contributed by atoms with Crippen molar-refractivity contribution in [2.75, 3.05) is 0 Å². The molecule has 4 unspecified atom stereocenters. The summed E-state index contributed by atoms with van der Waals surface area (Å²) in [6.07, 6.45) is -4.12. The van der Waals surface area contributed by atoms with Crippen molar-refractivity contribution in [2.45, 2.75) is 35.1 Å². The molecule has 0 amide bonds. The Bertz CT molecular complexity index is 118. The Morgan fingerprint density at radius 1 is 0.818 bits per heavy atom. The summed E-state index contributed by atoms with van der Waals surface area (Å²) in [5.74, 6) is 0. The van der Waals surface area contributed by atoms with E-state index in [2.05, 4.69) is 0 Å². The van der Waals surface area contributed by atoms with E-state index >= 15 is 0 Å². The zero-order valence-electron chi connectivity index (χ0n) is 5.92. The molecule has 0 aromatic heterocycles. The fourth-order valence-electron chi connectivity index (χ4n) is 0.962. The van der Waals surface area contributed by atoms with E-state index in [0.717, 1.165) is 0 Å². The minimum absolute atomic E-state index is 0.122. The summed E-state index contributed by atoms with van der Waals surface area (Å²) >= 11 is 0.122. The molecule has 1 heterocycles. The molecule has 0 saturated carbocycles. The molecule has 5 heteroatoms. The first-order chi connectivity index (χ1) is 5.13. The molecule has 1 aliphatic rings. The first-order valence-corrected chi connectivity index (χ1v) is 5.85. The Hall–Kier alpha value is 0.359. The van der Waals surface area contributed by atoms with E-state index in [-0.39, 0.29) is 15.0 Å². The van der Waals surface area contributed by atoms with Crippen molar-refractivity contribution in [1.82, 2.24) is 0 Å². The fourth-order valence-corrected chi connectivity index (χ4v) is 3.09. The molecule has 0 radical (unpaired) electrons. The van der Waals surface area contributed by atoms with Crippen LogP contribution in [0.2, 0.25) is 10.6 Å². The molecule has 0 aliphatic carbocycles. The van der Waals surface area contributed by atoms with E-state index < -0.39 is 24.4 Å². The molecule has 1 fully saturated rings. The summed E-state index contributed by atoms with van der Waals surface area (Å²) in [5.41, 5.74) is 0. The van der Waals surface area contributed by atoms with Crippen molar-refractivity contribution in [3.8, 4) is 0 Å². The number of aliphatic hydroxyl groups excluding tert-OH is 4. The second-order valence-corrected chi connectivity index (χ2v) is 4.91. The number of aliphatic hydroxyl groups is 4. The first-order valence-electron chi connectivity index (χ1n) is 3.43. The molecular weight excluding hydrogens is 215 g/mol. The quantitative estimate of drug-likeness (QED) is 0.360. The molecule has 1 rings (SSSR count). The van der Waals surface area contributed by atoms with Gasteiger partial charge in [-0.25, -0.2) is 0 Å². The Morgan fingerprint density at radius 2 is 1.18 bits per heavy atom. The van der Waals surface area contributed by atoms with Gasteiger partial charge >= 0.3 is 70.4 Å². The molecule has 0 aromatic rings. The van der Waals surface area contributed by atoms with Gasteiger partial charge in [-0.15, -0.1) is 0 Å². The molecule has 0 spiro atoms. The van der Waals surface area contributed by atoms with Crippen molar-refractivity contribution in [3.05, 3.63) is 0 Å². The van der Waals surface area contributed by atoms with Crippen molar-refractivity contribution < 1.29 is 20.4 Å². The molecular formula is C6H12O4Se. The average Bonchev–Trinajstić information content (AvgIpc) is 2.07. The third-order valence-corrected chi connectivity index (χ3v) is 4.14. The van der Waals surface area contributed by atoms with Gasteiger partial charge in [-0.05, 0) is 0 Å². The summed E-state index contributed by atoms with van der Waals surface area (Å²) in [6, 6.07) is 0. The Balaban J connectivity index is 2.58. The number of hydrogen-bond donors (Lipinski definition) is 4. The van der Waals surface area contributed by atoms with Crippen LogP contribution in [0.4, 0.5) is 0 Å². The molecule has 1 saturated heterocycles. The van der Waals surface area contributed by atoms with Crippen LogP contribution in [-0.2, 0) is 0 Å². The van der Waals surface area contributed by atoms with Crippen LogP contribution in [0.1, 0.15) is 0 Å². The Kier molecular flexibility index (Phi) is 3.30. The van der Waals surface area contributed by atoms with Crippen LogP contribution in [0.15, 0.2) is 0 Å². The predicted molar refractivity (Wildman–Crippen MR) is 39.4 cm³/mol. The van der Waals surface area contributed by atoms with Crippen LogP contribution >= 0.6 is 0 Å². The van der Waals surface area contributed by atoms with Crippen molar-refractivity contribution in [1.29, 1.82) is 0 Å². The zero-order chi connectivity index (χ0) is 8.43. The van der Waals surface area contributed by atoms with E-state index in [1.807, 2.05) is 0 Å². The molecule has 0 aromatic carbocycles. The Morgan fingerprint density at radius 3 is 1.55 bits per heavy atom. The van der Waals surface area contributed by atoms with Crippen molar-refractivity contribution in [2.24, 2.45) is 0 Å². The van der Waals surface area contributed by atoms with Gasteiger partial charge in [0.1, 0.15) is 0 Å². The van der Waals surface area contributed by atoms with E-state index in [9.17, 15) is 0 Å². The van der Waals surface area contributed by atoms with E-state index in [0.29, 0.717) is 10.6 Å². The van der Waals surface area contributed by atoms with Gasteiger partial charge in [0.25, 0.3) is 0 Å². The van der Waals surface area contributed by atoms with Gasteiger partial charge in [-0.2, -0.15) is 0 Å². The minimum atomic E-state index is -1.19. The number of rotatable bonds is 0. The van der Waals surface area contributed by atoms with Gasteiger partial charge in [-0.1, -0.05) is 0 Å². The summed E-state index contributed by atoms with van der Waals surface area (Å²) in [6.45, 7) is 0. The van der Waals surface area contributed by atoms with Gasteiger partial charge in [0.15, 0.2) is 0 Å². The molecule has 4 nitrogen and oxygen atoms in total. The third-order valence-electron chi connectivity index (χ3n) is 1.72. The SMILES string of the molecule is OC1C[Se]CC(O)C(O)C1O. The van der Waals surface area contributed by atoms with Gasteiger partial charge in [0, 0.05) is 0 Å². The van der Waals surface area contributed by atoms with Gasteiger partial charge in [0.05, 0.1) is 0 Å². The van der Waals surface area contributed by atoms with Crippen molar-refractivity contribution in [3.63, 3.8) is 0 Å². The second-order valence-electron chi connectivity index (χ2n) is 2.65. The molecule has 11 heavy (non-hydrogen) atoms. The predicted octanol–water partition coefficient (Wildman–Crippen LogP) is -2.02. The summed E-state index contributed by atoms with van der Waals surface area (Å²) in [5, 5.41) is 37.6. The topological polar surface area (TPSA) is 80.9 Å². The molecule has 4 atom stereocenters. The second kappa shape index (κ2) is 3.85. The van der Waals surface area contributed by atoms with Crippen molar-refractivity contribution >= 4 is 15.0 Å². The maximum absolute atomic E-state index is 9.15. The first kappa shape index (κ1) is 9.45. The third kappa shape index (κ3) is 2.15. The molecule has 0 bridgehead atoms. The summed E-state index contributed by atoms with van der Waals surface area (Å²) in [7, 11) is 0. The van der Waals surface area contributed by atoms with Gasteiger partial charge < -0.3 is 0 Å². The van der Waals surface area contributed by atoms with Crippen LogP contribution in [0.5, 0.6) is 0 Å². The zero-order valence-corrected chi connectivity index (χ0v) is 7.63. The van der Waals surface area contributed by atoms with Crippen LogP contribution in [-0.4, -0.2) is 59.8 Å². The normalized spacial score (nSPS) is 46.9. The standard InChI is InChI=1S/C6H12O4Se/c7-3-1-11-2-4(8)6(10)5(3)9/h3-10H,1-2H2.